The number of hydrogen-bond acceptors (Lipinski definition) is 6. The van der Waals surface area contributed by atoms with Crippen molar-refractivity contribution in [3.05, 3.63) is 49.8 Å². The number of methoxy groups -OCH3 is 1. The van der Waals surface area contributed by atoms with Crippen LogP contribution in [0, 0.1) is 0 Å². The van der Waals surface area contributed by atoms with Crippen LogP contribution in [0.4, 0.5) is 5.00 Å². The Morgan fingerprint density at radius 3 is 2.52 bits per heavy atom. The molecule has 2 heterocycles. The fourth-order valence-corrected chi connectivity index (χ4v) is 6.28. The molecule has 0 spiro atoms. The molecule has 1 N–H and O–H groups in total. The molecule has 1 aliphatic carbocycles. The lowest BCUT2D eigenvalue weighted by Gasteiger charge is -2.34. The standard InChI is InChI=1S/C24H29Cl2N3O3S/c1-32-24(31)22-18-5-3-2-4-6-20(18)33-23(22)27-21(30)15-29-11-9-28(10-12-29)14-16-7-8-17(25)13-19(16)26/h7-8,13H,2-6,9-12,14-15H2,1H3,(H,27,30). The number of amides is 1. The summed E-state index contributed by atoms with van der Waals surface area (Å²) in [4.78, 5) is 31.0. The van der Waals surface area contributed by atoms with Crippen LogP contribution in [-0.4, -0.2) is 61.5 Å². The highest BCUT2D eigenvalue weighted by Crippen LogP contribution is 2.38. The van der Waals surface area contributed by atoms with Crippen LogP contribution in [0.3, 0.4) is 0 Å². The zero-order chi connectivity index (χ0) is 23.4. The minimum absolute atomic E-state index is 0.0919. The number of fused-ring (bicyclic) bond motifs is 1. The molecular formula is C24H29Cl2N3O3S. The number of aryl methyl sites for hydroxylation is 1. The highest BCUT2D eigenvalue weighted by atomic mass is 35.5. The van der Waals surface area contributed by atoms with Gasteiger partial charge in [-0.2, -0.15) is 0 Å². The summed E-state index contributed by atoms with van der Waals surface area (Å²) in [6.45, 7) is 4.37. The van der Waals surface area contributed by atoms with E-state index in [0.29, 0.717) is 27.2 Å². The lowest BCUT2D eigenvalue weighted by molar-refractivity contribution is -0.117. The molecule has 4 rings (SSSR count). The highest BCUT2D eigenvalue weighted by Gasteiger charge is 2.27. The number of halogens is 2. The van der Waals surface area contributed by atoms with Crippen molar-refractivity contribution >= 4 is 51.4 Å². The number of carbonyl (C=O) groups is 2. The van der Waals surface area contributed by atoms with E-state index < -0.39 is 0 Å². The van der Waals surface area contributed by atoms with Crippen molar-refractivity contribution in [1.29, 1.82) is 0 Å². The van der Waals surface area contributed by atoms with Gasteiger partial charge in [0.25, 0.3) is 0 Å². The molecule has 0 saturated carbocycles. The summed E-state index contributed by atoms with van der Waals surface area (Å²) in [6.07, 6.45) is 5.17. The maximum Gasteiger partial charge on any atom is 0.341 e. The Morgan fingerprint density at radius 2 is 1.79 bits per heavy atom. The summed E-state index contributed by atoms with van der Waals surface area (Å²) < 4.78 is 5.03. The number of thiophene rings is 1. The second-order valence-electron chi connectivity index (χ2n) is 8.60. The third-order valence-electron chi connectivity index (χ3n) is 6.30. The third-order valence-corrected chi connectivity index (χ3v) is 8.10. The Balaban J connectivity index is 1.33. The van der Waals surface area contributed by atoms with Crippen molar-refractivity contribution in [1.82, 2.24) is 9.80 Å². The predicted molar refractivity (Wildman–Crippen MR) is 134 cm³/mol. The Morgan fingerprint density at radius 1 is 1.06 bits per heavy atom. The predicted octanol–water partition coefficient (Wildman–Crippen LogP) is 4.87. The van der Waals surface area contributed by atoms with E-state index >= 15 is 0 Å². The zero-order valence-corrected chi connectivity index (χ0v) is 21.1. The number of hydrogen-bond donors (Lipinski definition) is 1. The van der Waals surface area contributed by atoms with E-state index in [1.165, 1.54) is 29.7 Å². The monoisotopic (exact) mass is 509 g/mol. The Hall–Kier alpha value is -1.64. The summed E-state index contributed by atoms with van der Waals surface area (Å²) in [6, 6.07) is 5.59. The average Bonchev–Trinajstić information content (AvgIpc) is 2.96. The summed E-state index contributed by atoms with van der Waals surface area (Å²) in [5, 5.41) is 4.96. The second kappa shape index (κ2) is 11.2. The van der Waals surface area contributed by atoms with E-state index in [1.54, 1.807) is 6.07 Å². The maximum absolute atomic E-state index is 12.8. The molecule has 1 saturated heterocycles. The fraction of sp³-hybridized carbons (Fsp3) is 0.500. The Kier molecular flexibility index (Phi) is 8.30. The molecule has 6 nitrogen and oxygen atoms in total. The number of rotatable bonds is 6. The van der Waals surface area contributed by atoms with Gasteiger partial charge in [0.1, 0.15) is 5.00 Å². The van der Waals surface area contributed by atoms with E-state index in [1.807, 2.05) is 12.1 Å². The number of benzene rings is 1. The number of piperazine rings is 1. The fourth-order valence-electron chi connectivity index (χ4n) is 4.51. The first-order chi connectivity index (χ1) is 15.9. The van der Waals surface area contributed by atoms with Crippen molar-refractivity contribution in [3.8, 4) is 0 Å². The first-order valence-electron chi connectivity index (χ1n) is 11.4. The third kappa shape index (κ3) is 6.08. The average molecular weight is 510 g/mol. The largest absolute Gasteiger partial charge is 0.465 e. The molecule has 1 amide bonds. The van der Waals surface area contributed by atoms with Crippen LogP contribution in [0.15, 0.2) is 18.2 Å². The van der Waals surface area contributed by atoms with Crippen molar-refractivity contribution in [2.45, 2.75) is 38.6 Å². The molecule has 0 unspecified atom stereocenters. The SMILES string of the molecule is COC(=O)c1c(NC(=O)CN2CCN(Cc3ccc(Cl)cc3Cl)CC2)sc2c1CCCCC2. The lowest BCUT2D eigenvalue weighted by atomic mass is 10.1. The Labute approximate surface area is 208 Å². The molecule has 2 aromatic rings. The molecule has 1 aliphatic heterocycles. The van der Waals surface area contributed by atoms with Gasteiger partial charge in [-0.15, -0.1) is 11.3 Å². The van der Waals surface area contributed by atoms with Crippen LogP contribution in [0.5, 0.6) is 0 Å². The smallest absolute Gasteiger partial charge is 0.341 e. The number of nitrogens with one attached hydrogen (secondary N) is 1. The van der Waals surface area contributed by atoms with Gasteiger partial charge in [-0.3, -0.25) is 14.6 Å². The highest BCUT2D eigenvalue weighted by molar-refractivity contribution is 7.17. The second-order valence-corrected chi connectivity index (χ2v) is 10.5. The van der Waals surface area contributed by atoms with Gasteiger partial charge in [0.05, 0.1) is 19.2 Å². The molecule has 9 heteroatoms. The topological polar surface area (TPSA) is 61.9 Å². The number of anilines is 1. The van der Waals surface area contributed by atoms with E-state index in [0.717, 1.165) is 69.5 Å². The maximum atomic E-state index is 12.8. The van der Waals surface area contributed by atoms with E-state index in [4.69, 9.17) is 27.9 Å². The molecule has 0 radical (unpaired) electrons. The normalized spacial score (nSPS) is 17.3. The number of carbonyl (C=O) groups excluding carboxylic acids is 2. The summed E-state index contributed by atoms with van der Waals surface area (Å²) in [7, 11) is 1.39. The number of ether oxygens (including phenoxy) is 1. The molecule has 1 aromatic carbocycles. The van der Waals surface area contributed by atoms with Crippen LogP contribution in [-0.2, 0) is 28.9 Å². The van der Waals surface area contributed by atoms with E-state index in [9.17, 15) is 9.59 Å². The van der Waals surface area contributed by atoms with Crippen LogP contribution >= 0.6 is 34.5 Å². The van der Waals surface area contributed by atoms with E-state index in [-0.39, 0.29) is 11.9 Å². The van der Waals surface area contributed by atoms with Gasteiger partial charge in [0.15, 0.2) is 0 Å². The molecule has 1 fully saturated rings. The molecule has 33 heavy (non-hydrogen) atoms. The summed E-state index contributed by atoms with van der Waals surface area (Å²) in [5.74, 6) is -0.454. The molecule has 2 aliphatic rings. The molecule has 1 aromatic heterocycles. The molecule has 0 bridgehead atoms. The molecular weight excluding hydrogens is 481 g/mol. The first-order valence-corrected chi connectivity index (χ1v) is 12.9. The van der Waals surface area contributed by atoms with Crippen molar-refractivity contribution in [2.24, 2.45) is 0 Å². The molecule has 0 atom stereocenters. The quantitative estimate of drug-likeness (QED) is 0.444. The van der Waals surface area contributed by atoms with Crippen LogP contribution < -0.4 is 5.32 Å². The van der Waals surface area contributed by atoms with Crippen molar-refractivity contribution < 1.29 is 14.3 Å². The van der Waals surface area contributed by atoms with Gasteiger partial charge in [-0.05, 0) is 48.9 Å². The lowest BCUT2D eigenvalue weighted by Crippen LogP contribution is -2.48. The van der Waals surface area contributed by atoms with Crippen LogP contribution in [0.1, 0.15) is 45.6 Å². The summed E-state index contributed by atoms with van der Waals surface area (Å²) >= 11 is 13.8. The van der Waals surface area contributed by atoms with Gasteiger partial charge in [0.2, 0.25) is 5.91 Å². The zero-order valence-electron chi connectivity index (χ0n) is 18.8. The van der Waals surface area contributed by atoms with Crippen LogP contribution in [0.2, 0.25) is 10.0 Å². The molecule has 178 valence electrons. The van der Waals surface area contributed by atoms with Crippen molar-refractivity contribution in [3.63, 3.8) is 0 Å². The minimum atomic E-state index is -0.362. The first kappa shape index (κ1) is 24.5. The summed E-state index contributed by atoms with van der Waals surface area (Å²) in [5.41, 5.74) is 2.67. The van der Waals surface area contributed by atoms with Gasteiger partial charge in [-0.25, -0.2) is 4.79 Å². The van der Waals surface area contributed by atoms with Gasteiger partial charge < -0.3 is 10.1 Å². The van der Waals surface area contributed by atoms with E-state index in [2.05, 4.69) is 15.1 Å². The van der Waals surface area contributed by atoms with Crippen LogP contribution in [0.25, 0.3) is 0 Å². The number of nitrogens with zero attached hydrogens (tertiary/aromatic N) is 2. The number of esters is 1. The van der Waals surface area contributed by atoms with Crippen molar-refractivity contribution in [2.75, 3.05) is 45.2 Å². The minimum Gasteiger partial charge on any atom is -0.465 e. The van der Waals surface area contributed by atoms with Gasteiger partial charge >= 0.3 is 5.97 Å². The van der Waals surface area contributed by atoms with Gasteiger partial charge in [0, 0.05) is 47.6 Å². The van der Waals surface area contributed by atoms with Gasteiger partial charge in [-0.1, -0.05) is 35.7 Å². The Bertz CT molecular complexity index is 1020.